The van der Waals surface area contributed by atoms with Gasteiger partial charge in [-0.05, 0) is 156 Å². The van der Waals surface area contributed by atoms with Gasteiger partial charge in [0.2, 0.25) is 0 Å². The third kappa shape index (κ3) is 15.4. The Balaban J connectivity index is 0.000000267. The Labute approximate surface area is 254 Å². The molecule has 0 aromatic heterocycles. The van der Waals surface area contributed by atoms with Gasteiger partial charge in [-0.15, -0.1) is 0 Å². The minimum Gasteiger partial charge on any atom is -0.301 e. The van der Waals surface area contributed by atoms with E-state index in [9.17, 15) is 0 Å². The lowest BCUT2D eigenvalue weighted by molar-refractivity contribution is 0.223. The molecule has 240 valence electrons. The van der Waals surface area contributed by atoms with Crippen LogP contribution in [0.1, 0.15) is 158 Å². The van der Waals surface area contributed by atoms with Crippen molar-refractivity contribution in [2.75, 3.05) is 52.4 Å². The average Bonchev–Trinajstić information content (AvgIpc) is 3.80. The molecule has 4 heterocycles. The molecule has 4 atom stereocenters. The van der Waals surface area contributed by atoms with Crippen LogP contribution in [-0.2, 0) is 0 Å². The summed E-state index contributed by atoms with van der Waals surface area (Å²) in [5, 5.41) is 0. The first-order chi connectivity index (χ1) is 19.4. The number of unbranched alkanes of at least 4 members (excludes halogenated alkanes) is 1. The predicted octanol–water partition coefficient (Wildman–Crippen LogP) is 9.08. The second kappa shape index (κ2) is 24.3. The molecule has 0 bridgehead atoms. The topological polar surface area (TPSA) is 13.0 Å². The summed E-state index contributed by atoms with van der Waals surface area (Å²) in [5.41, 5.74) is 0. The van der Waals surface area contributed by atoms with Crippen LogP contribution in [0.25, 0.3) is 0 Å². The molecule has 0 radical (unpaired) electrons. The van der Waals surface area contributed by atoms with Crippen molar-refractivity contribution in [2.45, 2.75) is 182 Å². The Hall–Kier alpha value is -0.160. The first kappa shape index (κ1) is 37.9. The van der Waals surface area contributed by atoms with Gasteiger partial charge in [-0.3, -0.25) is 0 Å². The molecule has 4 saturated heterocycles. The van der Waals surface area contributed by atoms with Crippen LogP contribution in [-0.4, -0.2) is 96.1 Å². The van der Waals surface area contributed by atoms with Crippen molar-refractivity contribution >= 4 is 0 Å². The Morgan fingerprint density at radius 2 is 1.20 bits per heavy atom. The molecule has 4 unspecified atom stereocenters. The summed E-state index contributed by atoms with van der Waals surface area (Å²) >= 11 is 0. The number of likely N-dealkylation sites (tertiary alicyclic amines) is 4. The van der Waals surface area contributed by atoms with Gasteiger partial charge in [-0.25, -0.2) is 0 Å². The standard InChI is InChI=1S/C10H21N.2C9H19N.C8H17N/c1-3-7-10(4-2)11-8-5-6-9-11;1-3-4-7-10-8-5-6-9(10)2;1-3-7-10-8-5-6-9(10)4-2;1-3-8(2)9-6-4-5-7-9/h10H,3-9H2,1-2H3;2*9H,3-8H2,1-2H3;8H,3-7H2,1-2H3. The Morgan fingerprint density at radius 1 is 0.600 bits per heavy atom. The molecule has 4 nitrogen and oxygen atoms in total. The Morgan fingerprint density at radius 3 is 1.68 bits per heavy atom. The van der Waals surface area contributed by atoms with Crippen LogP contribution in [0.15, 0.2) is 0 Å². The number of hydrogen-bond donors (Lipinski definition) is 0. The Bertz CT molecular complexity index is 543. The molecule has 4 aliphatic rings. The van der Waals surface area contributed by atoms with E-state index in [1.54, 1.807) is 0 Å². The van der Waals surface area contributed by atoms with E-state index in [0.717, 1.165) is 24.2 Å². The maximum absolute atomic E-state index is 2.67. The molecule has 0 spiro atoms. The molecule has 4 aliphatic heterocycles. The van der Waals surface area contributed by atoms with Crippen LogP contribution >= 0.6 is 0 Å². The van der Waals surface area contributed by atoms with Crippen molar-refractivity contribution < 1.29 is 0 Å². The second-order valence-corrected chi connectivity index (χ2v) is 13.2. The van der Waals surface area contributed by atoms with Crippen molar-refractivity contribution in [1.29, 1.82) is 0 Å². The number of nitrogens with zero attached hydrogens (tertiary/aromatic N) is 4. The average molecular weight is 565 g/mol. The normalized spacial score (nSPS) is 25.5. The molecule has 40 heavy (non-hydrogen) atoms. The van der Waals surface area contributed by atoms with Gasteiger partial charge in [-0.1, -0.05) is 54.4 Å². The third-order valence-electron chi connectivity index (χ3n) is 10.1. The number of rotatable bonds is 12. The summed E-state index contributed by atoms with van der Waals surface area (Å²) in [5.74, 6) is 0. The van der Waals surface area contributed by atoms with Gasteiger partial charge in [0, 0.05) is 24.2 Å². The van der Waals surface area contributed by atoms with Gasteiger partial charge in [0.15, 0.2) is 0 Å². The summed E-state index contributed by atoms with van der Waals surface area (Å²) in [6.07, 6.45) is 22.2. The lowest BCUT2D eigenvalue weighted by atomic mass is 10.1. The van der Waals surface area contributed by atoms with Crippen molar-refractivity contribution in [3.63, 3.8) is 0 Å². The molecule has 4 fully saturated rings. The highest BCUT2D eigenvalue weighted by Gasteiger charge is 2.21. The van der Waals surface area contributed by atoms with Crippen LogP contribution in [0.2, 0.25) is 0 Å². The SMILES string of the molecule is CCC(C)N1CCCC1.CCCC(CC)N1CCCC1.CCCCN1CCCC1C.CCCN1CCCC1CC. The summed E-state index contributed by atoms with van der Waals surface area (Å²) in [6.45, 7) is 29.1. The van der Waals surface area contributed by atoms with Crippen LogP contribution in [0.5, 0.6) is 0 Å². The van der Waals surface area contributed by atoms with Gasteiger partial charge in [0.25, 0.3) is 0 Å². The van der Waals surface area contributed by atoms with Crippen LogP contribution in [0.3, 0.4) is 0 Å². The summed E-state index contributed by atoms with van der Waals surface area (Å²) < 4.78 is 0. The molecule has 4 rings (SSSR count). The van der Waals surface area contributed by atoms with E-state index >= 15 is 0 Å². The molecule has 0 aromatic carbocycles. The van der Waals surface area contributed by atoms with Gasteiger partial charge in [-0.2, -0.15) is 0 Å². The lowest BCUT2D eigenvalue weighted by Crippen LogP contribution is -2.31. The zero-order valence-corrected chi connectivity index (χ0v) is 29.1. The van der Waals surface area contributed by atoms with Gasteiger partial charge >= 0.3 is 0 Å². The molecular formula is C36H76N4. The minimum absolute atomic E-state index is 0.826. The first-order valence-electron chi connectivity index (χ1n) is 18.4. The molecule has 0 amide bonds. The molecular weight excluding hydrogens is 488 g/mol. The minimum atomic E-state index is 0.826. The smallest absolute Gasteiger partial charge is 0.00931 e. The lowest BCUT2D eigenvalue weighted by Gasteiger charge is -2.25. The van der Waals surface area contributed by atoms with E-state index in [2.05, 4.69) is 75.0 Å². The van der Waals surface area contributed by atoms with Crippen molar-refractivity contribution in [1.82, 2.24) is 19.6 Å². The largest absolute Gasteiger partial charge is 0.301 e. The summed E-state index contributed by atoms with van der Waals surface area (Å²) in [6, 6.07) is 3.50. The van der Waals surface area contributed by atoms with Gasteiger partial charge in [0.05, 0.1) is 0 Å². The summed E-state index contributed by atoms with van der Waals surface area (Å²) in [4.78, 5) is 10.5. The monoisotopic (exact) mass is 565 g/mol. The van der Waals surface area contributed by atoms with Crippen molar-refractivity contribution in [3.05, 3.63) is 0 Å². The van der Waals surface area contributed by atoms with E-state index < -0.39 is 0 Å². The van der Waals surface area contributed by atoms with E-state index in [1.807, 2.05) is 0 Å². The zero-order chi connectivity index (χ0) is 29.6. The Kier molecular flexibility index (Phi) is 23.0. The highest BCUT2D eigenvalue weighted by molar-refractivity contribution is 4.77. The highest BCUT2D eigenvalue weighted by Crippen LogP contribution is 2.20. The second-order valence-electron chi connectivity index (χ2n) is 13.2. The molecule has 0 aliphatic carbocycles. The quantitative estimate of drug-likeness (QED) is 0.234. The third-order valence-corrected chi connectivity index (χ3v) is 10.1. The van der Waals surface area contributed by atoms with E-state index in [-0.39, 0.29) is 0 Å². The zero-order valence-electron chi connectivity index (χ0n) is 29.1. The van der Waals surface area contributed by atoms with Crippen LogP contribution in [0, 0.1) is 0 Å². The van der Waals surface area contributed by atoms with E-state index in [4.69, 9.17) is 0 Å². The maximum Gasteiger partial charge on any atom is 0.00931 e. The van der Waals surface area contributed by atoms with E-state index in [0.29, 0.717) is 0 Å². The van der Waals surface area contributed by atoms with Crippen molar-refractivity contribution in [3.8, 4) is 0 Å². The molecule has 0 N–H and O–H groups in total. The molecule has 4 heteroatoms. The maximum atomic E-state index is 2.67. The number of hydrogen-bond acceptors (Lipinski definition) is 4. The predicted molar refractivity (Wildman–Crippen MR) is 181 cm³/mol. The van der Waals surface area contributed by atoms with E-state index in [1.165, 1.54) is 155 Å². The summed E-state index contributed by atoms with van der Waals surface area (Å²) in [7, 11) is 0. The molecule has 0 aromatic rings. The fourth-order valence-electron chi connectivity index (χ4n) is 7.15. The first-order valence-corrected chi connectivity index (χ1v) is 18.4. The fourth-order valence-corrected chi connectivity index (χ4v) is 7.15. The van der Waals surface area contributed by atoms with Crippen LogP contribution in [0.4, 0.5) is 0 Å². The van der Waals surface area contributed by atoms with Crippen LogP contribution < -0.4 is 0 Å². The fraction of sp³-hybridized carbons (Fsp3) is 1.00. The van der Waals surface area contributed by atoms with Gasteiger partial charge < -0.3 is 19.6 Å². The van der Waals surface area contributed by atoms with Crippen molar-refractivity contribution in [2.24, 2.45) is 0 Å². The molecule has 0 saturated carbocycles. The van der Waals surface area contributed by atoms with Gasteiger partial charge in [0.1, 0.15) is 0 Å². The highest BCUT2D eigenvalue weighted by atomic mass is 15.2.